The summed E-state index contributed by atoms with van der Waals surface area (Å²) < 4.78 is 0. The number of nitrogens with zero attached hydrogens (tertiary/aromatic N) is 2. The first-order chi connectivity index (χ1) is 9.24. The number of aliphatic hydroxyl groups excluding tert-OH is 1. The van der Waals surface area contributed by atoms with E-state index in [2.05, 4.69) is 22.2 Å². The molecule has 1 aromatic carbocycles. The van der Waals surface area contributed by atoms with Crippen molar-refractivity contribution < 1.29 is 5.11 Å². The number of aromatic nitrogens is 2. The number of nitrogens with two attached hydrogens (primary N) is 1. The van der Waals surface area contributed by atoms with Crippen molar-refractivity contribution in [2.75, 3.05) is 17.7 Å². The van der Waals surface area contributed by atoms with Crippen LogP contribution < -0.4 is 11.1 Å². The number of nitrogen functional groups attached to an aromatic ring is 1. The number of benzene rings is 1. The average molecular weight is 260 g/mol. The highest BCUT2D eigenvalue weighted by Crippen LogP contribution is 2.22. The number of aliphatic hydroxyl groups is 1. The second-order valence-electron chi connectivity index (χ2n) is 4.59. The molecule has 0 aliphatic heterocycles. The predicted octanol–water partition coefficient (Wildman–Crippen LogP) is 2.17. The molecule has 1 aromatic heterocycles. The molecule has 0 saturated heterocycles. The van der Waals surface area contributed by atoms with Crippen molar-refractivity contribution in [3.63, 3.8) is 0 Å². The summed E-state index contributed by atoms with van der Waals surface area (Å²) >= 11 is 0. The number of fused-ring (bicyclic) bond motifs is 1. The van der Waals surface area contributed by atoms with Gasteiger partial charge in [0.15, 0.2) is 0 Å². The molecule has 0 radical (unpaired) electrons. The summed E-state index contributed by atoms with van der Waals surface area (Å²) in [5.41, 5.74) is 6.57. The number of hydrogen-bond donors (Lipinski definition) is 3. The predicted molar refractivity (Wildman–Crippen MR) is 78.0 cm³/mol. The summed E-state index contributed by atoms with van der Waals surface area (Å²) in [7, 11) is 0. The van der Waals surface area contributed by atoms with Crippen LogP contribution in [0.15, 0.2) is 24.3 Å². The van der Waals surface area contributed by atoms with Gasteiger partial charge in [0.25, 0.3) is 0 Å². The van der Waals surface area contributed by atoms with Gasteiger partial charge in [-0.15, -0.1) is 0 Å². The molecule has 0 saturated carbocycles. The summed E-state index contributed by atoms with van der Waals surface area (Å²) in [5.74, 6) is 1.01. The van der Waals surface area contributed by atoms with Crippen LogP contribution in [0.1, 0.15) is 26.2 Å². The van der Waals surface area contributed by atoms with Gasteiger partial charge in [0.05, 0.1) is 5.52 Å². The molecule has 2 aromatic rings. The lowest BCUT2D eigenvalue weighted by molar-refractivity contribution is 0.276. The number of hydrogen-bond acceptors (Lipinski definition) is 5. The van der Waals surface area contributed by atoms with Gasteiger partial charge in [-0.05, 0) is 25.0 Å². The Morgan fingerprint density at radius 3 is 2.79 bits per heavy atom. The minimum Gasteiger partial charge on any atom is -0.396 e. The van der Waals surface area contributed by atoms with Crippen molar-refractivity contribution in [3.8, 4) is 0 Å². The lowest BCUT2D eigenvalue weighted by Crippen LogP contribution is -2.22. The zero-order chi connectivity index (χ0) is 13.7. The Morgan fingerprint density at radius 1 is 1.26 bits per heavy atom. The maximum absolute atomic E-state index is 9.11. The normalized spacial score (nSPS) is 12.5. The SMILES string of the molecule is CCC[C@@H](CCO)Nc1nc(N)nc2ccccc12. The van der Waals surface area contributed by atoms with Gasteiger partial charge in [0.2, 0.25) is 5.95 Å². The van der Waals surface area contributed by atoms with Gasteiger partial charge in [-0.25, -0.2) is 4.98 Å². The lowest BCUT2D eigenvalue weighted by atomic mass is 10.1. The second kappa shape index (κ2) is 6.33. The molecule has 5 heteroatoms. The smallest absolute Gasteiger partial charge is 0.222 e. The lowest BCUT2D eigenvalue weighted by Gasteiger charge is -2.18. The van der Waals surface area contributed by atoms with E-state index in [1.165, 1.54) is 0 Å². The summed E-state index contributed by atoms with van der Waals surface area (Å²) in [5, 5.41) is 13.4. The zero-order valence-corrected chi connectivity index (χ0v) is 11.1. The Balaban J connectivity index is 2.32. The maximum Gasteiger partial charge on any atom is 0.222 e. The molecule has 1 heterocycles. The topological polar surface area (TPSA) is 84.1 Å². The molecule has 19 heavy (non-hydrogen) atoms. The van der Waals surface area contributed by atoms with Gasteiger partial charge >= 0.3 is 0 Å². The minimum atomic E-state index is 0.163. The van der Waals surface area contributed by atoms with Gasteiger partial charge in [0, 0.05) is 18.0 Å². The molecule has 102 valence electrons. The summed E-state index contributed by atoms with van der Waals surface area (Å²) in [6.07, 6.45) is 2.74. The van der Waals surface area contributed by atoms with Crippen molar-refractivity contribution in [2.45, 2.75) is 32.2 Å². The Morgan fingerprint density at radius 2 is 2.05 bits per heavy atom. The first kappa shape index (κ1) is 13.5. The van der Waals surface area contributed by atoms with Gasteiger partial charge < -0.3 is 16.2 Å². The molecule has 0 unspecified atom stereocenters. The third kappa shape index (κ3) is 3.32. The van der Waals surface area contributed by atoms with E-state index in [0.29, 0.717) is 6.42 Å². The molecule has 0 aliphatic rings. The van der Waals surface area contributed by atoms with Crippen LogP contribution in [0.3, 0.4) is 0 Å². The number of nitrogens with one attached hydrogen (secondary N) is 1. The fourth-order valence-electron chi connectivity index (χ4n) is 2.19. The largest absolute Gasteiger partial charge is 0.396 e. The molecule has 0 amide bonds. The van der Waals surface area contributed by atoms with E-state index < -0.39 is 0 Å². The molecular formula is C14H20N4O. The molecule has 0 spiro atoms. The van der Waals surface area contributed by atoms with Crippen molar-refractivity contribution in [2.24, 2.45) is 0 Å². The van der Waals surface area contributed by atoms with Crippen molar-refractivity contribution >= 4 is 22.7 Å². The highest BCUT2D eigenvalue weighted by molar-refractivity contribution is 5.89. The molecule has 0 bridgehead atoms. The summed E-state index contributed by atoms with van der Waals surface area (Å²) in [6, 6.07) is 7.97. The van der Waals surface area contributed by atoms with Crippen molar-refractivity contribution in [1.82, 2.24) is 9.97 Å². The highest BCUT2D eigenvalue weighted by Gasteiger charge is 2.11. The first-order valence-corrected chi connectivity index (χ1v) is 6.64. The summed E-state index contributed by atoms with van der Waals surface area (Å²) in [6.45, 7) is 2.29. The van der Waals surface area contributed by atoms with Crippen LogP contribution in [0, 0.1) is 0 Å². The average Bonchev–Trinajstić information content (AvgIpc) is 2.39. The number of para-hydroxylation sites is 1. The first-order valence-electron chi connectivity index (χ1n) is 6.64. The van der Waals surface area contributed by atoms with Gasteiger partial charge in [-0.3, -0.25) is 0 Å². The Bertz CT molecular complexity index is 538. The van der Waals surface area contributed by atoms with E-state index in [0.717, 1.165) is 29.6 Å². The van der Waals surface area contributed by atoms with Crippen LogP contribution >= 0.6 is 0 Å². The second-order valence-corrected chi connectivity index (χ2v) is 4.59. The Labute approximate surface area is 112 Å². The van der Waals surface area contributed by atoms with Gasteiger partial charge in [-0.2, -0.15) is 4.98 Å². The van der Waals surface area contributed by atoms with E-state index in [1.807, 2.05) is 24.3 Å². The van der Waals surface area contributed by atoms with Crippen LogP contribution in [0.5, 0.6) is 0 Å². The van der Waals surface area contributed by atoms with E-state index >= 15 is 0 Å². The quantitative estimate of drug-likeness (QED) is 0.741. The van der Waals surface area contributed by atoms with Crippen molar-refractivity contribution in [1.29, 1.82) is 0 Å². The minimum absolute atomic E-state index is 0.163. The number of anilines is 2. The molecule has 0 aliphatic carbocycles. The molecule has 1 atom stereocenters. The van der Waals surface area contributed by atoms with Crippen LogP contribution in [0.4, 0.5) is 11.8 Å². The van der Waals surface area contributed by atoms with E-state index in [9.17, 15) is 0 Å². The van der Waals surface area contributed by atoms with Crippen molar-refractivity contribution in [3.05, 3.63) is 24.3 Å². The number of rotatable bonds is 6. The maximum atomic E-state index is 9.11. The monoisotopic (exact) mass is 260 g/mol. The molecular weight excluding hydrogens is 240 g/mol. The molecule has 0 fully saturated rings. The fourth-order valence-corrected chi connectivity index (χ4v) is 2.19. The van der Waals surface area contributed by atoms with Crippen LogP contribution in [0.2, 0.25) is 0 Å². The Kier molecular flexibility index (Phi) is 4.52. The molecule has 4 N–H and O–H groups in total. The molecule has 2 rings (SSSR count). The van der Waals surface area contributed by atoms with Gasteiger partial charge in [0.1, 0.15) is 5.82 Å². The third-order valence-corrected chi connectivity index (χ3v) is 3.08. The Hall–Kier alpha value is -1.88. The summed E-state index contributed by atoms with van der Waals surface area (Å²) in [4.78, 5) is 8.49. The van der Waals surface area contributed by atoms with Crippen LogP contribution in [-0.2, 0) is 0 Å². The molecule has 5 nitrogen and oxygen atoms in total. The van der Waals surface area contributed by atoms with Crippen LogP contribution in [-0.4, -0.2) is 27.7 Å². The highest BCUT2D eigenvalue weighted by atomic mass is 16.3. The van der Waals surface area contributed by atoms with E-state index in [1.54, 1.807) is 0 Å². The van der Waals surface area contributed by atoms with Gasteiger partial charge in [-0.1, -0.05) is 25.5 Å². The van der Waals surface area contributed by atoms with E-state index in [4.69, 9.17) is 10.8 Å². The fraction of sp³-hybridized carbons (Fsp3) is 0.429. The standard InChI is InChI=1S/C14H20N4O/c1-2-5-10(8-9-19)16-13-11-6-3-4-7-12(11)17-14(15)18-13/h3-4,6-7,10,19H,2,5,8-9H2,1H3,(H3,15,16,17,18)/t10-/m0/s1. The third-order valence-electron chi connectivity index (χ3n) is 3.08. The zero-order valence-electron chi connectivity index (χ0n) is 11.1. The van der Waals surface area contributed by atoms with Crippen LogP contribution in [0.25, 0.3) is 10.9 Å². The van der Waals surface area contributed by atoms with E-state index in [-0.39, 0.29) is 18.6 Å².